The lowest BCUT2D eigenvalue weighted by Crippen LogP contribution is -2.49. The minimum Gasteiger partial charge on any atom is -0.451 e. The van der Waals surface area contributed by atoms with Crippen LogP contribution in [0.1, 0.15) is 18.4 Å². The van der Waals surface area contributed by atoms with Crippen molar-refractivity contribution in [3.63, 3.8) is 0 Å². The third-order valence-corrected chi connectivity index (χ3v) is 4.54. The van der Waals surface area contributed by atoms with E-state index in [2.05, 4.69) is 4.74 Å². The second-order valence-electron chi connectivity index (χ2n) is 6.46. The maximum absolute atomic E-state index is 13.2. The van der Waals surface area contributed by atoms with Crippen LogP contribution < -0.4 is 0 Å². The number of alkyl halides is 6. The van der Waals surface area contributed by atoms with Gasteiger partial charge in [0.15, 0.2) is 0 Å². The van der Waals surface area contributed by atoms with Gasteiger partial charge < -0.3 is 4.74 Å². The smallest absolute Gasteiger partial charge is 0.426 e. The molecule has 1 saturated heterocycles. The first-order valence-corrected chi connectivity index (χ1v) is 8.62. The van der Waals surface area contributed by atoms with Gasteiger partial charge >= 0.3 is 18.3 Å². The highest BCUT2D eigenvalue weighted by molar-refractivity contribution is 6.30. The minimum absolute atomic E-state index is 0.0912. The van der Waals surface area contributed by atoms with Gasteiger partial charge in [0, 0.05) is 18.1 Å². The normalized spacial score (nSPS) is 20.3. The van der Waals surface area contributed by atoms with Crippen molar-refractivity contribution in [3.05, 3.63) is 34.9 Å². The van der Waals surface area contributed by atoms with E-state index < -0.39 is 49.9 Å². The van der Waals surface area contributed by atoms with Gasteiger partial charge in [-0.25, -0.2) is 0 Å². The average Bonchev–Trinajstić information content (AvgIpc) is 2.55. The van der Waals surface area contributed by atoms with E-state index in [-0.39, 0.29) is 19.4 Å². The van der Waals surface area contributed by atoms with Crippen LogP contribution in [0.2, 0.25) is 5.02 Å². The number of benzene rings is 1. The van der Waals surface area contributed by atoms with Crippen molar-refractivity contribution in [1.29, 1.82) is 0 Å². The molecule has 1 fully saturated rings. The summed E-state index contributed by atoms with van der Waals surface area (Å²) in [6.45, 7) is -1.26. The van der Waals surface area contributed by atoms with Crippen molar-refractivity contribution in [2.75, 3.05) is 19.6 Å². The number of hydrogen-bond donors (Lipinski definition) is 0. The minimum atomic E-state index is -4.87. The number of halogens is 7. The van der Waals surface area contributed by atoms with Crippen molar-refractivity contribution >= 4 is 17.6 Å². The van der Waals surface area contributed by atoms with Crippen molar-refractivity contribution in [2.45, 2.75) is 37.7 Å². The van der Waals surface area contributed by atoms with Crippen LogP contribution >= 0.6 is 11.6 Å². The van der Waals surface area contributed by atoms with Gasteiger partial charge in [-0.2, -0.15) is 26.3 Å². The average molecular weight is 418 g/mol. The van der Waals surface area contributed by atoms with E-state index in [1.54, 1.807) is 0 Å². The lowest BCUT2D eigenvalue weighted by Gasteiger charge is -2.35. The molecule has 3 nitrogen and oxygen atoms in total. The van der Waals surface area contributed by atoms with E-state index in [0.717, 1.165) is 4.90 Å². The summed E-state index contributed by atoms with van der Waals surface area (Å²) in [5, 5.41) is 0.407. The molecule has 27 heavy (non-hydrogen) atoms. The molecule has 1 aromatic carbocycles. The van der Waals surface area contributed by atoms with Crippen molar-refractivity contribution in [3.8, 4) is 0 Å². The maximum Gasteiger partial charge on any atom is 0.426 e. The second kappa shape index (κ2) is 8.68. The van der Waals surface area contributed by atoms with Crippen LogP contribution in [0.4, 0.5) is 26.3 Å². The molecule has 1 heterocycles. The van der Waals surface area contributed by atoms with Crippen LogP contribution in [0.15, 0.2) is 24.3 Å². The van der Waals surface area contributed by atoms with E-state index in [9.17, 15) is 31.1 Å². The summed E-state index contributed by atoms with van der Waals surface area (Å²) in [7, 11) is 0. The topological polar surface area (TPSA) is 29.5 Å². The fraction of sp³-hybridized carbons (Fsp3) is 0.588. The Hall–Kier alpha value is -1.48. The maximum atomic E-state index is 13.2. The number of piperidine rings is 1. The van der Waals surface area contributed by atoms with Crippen LogP contribution in [0.25, 0.3) is 0 Å². The molecular formula is C17H18ClF6NO2. The summed E-state index contributed by atoms with van der Waals surface area (Å²) in [6, 6.07) is 5.92. The Morgan fingerprint density at radius 1 is 1.19 bits per heavy atom. The monoisotopic (exact) mass is 417 g/mol. The van der Waals surface area contributed by atoms with E-state index in [0.29, 0.717) is 10.6 Å². The van der Waals surface area contributed by atoms with Crippen LogP contribution in [-0.2, 0) is 16.0 Å². The van der Waals surface area contributed by atoms with Crippen molar-refractivity contribution < 1.29 is 35.9 Å². The molecule has 0 saturated carbocycles. The van der Waals surface area contributed by atoms with Crippen LogP contribution in [0.3, 0.4) is 0 Å². The first-order valence-electron chi connectivity index (χ1n) is 8.25. The van der Waals surface area contributed by atoms with Gasteiger partial charge in [-0.1, -0.05) is 23.7 Å². The van der Waals surface area contributed by atoms with Crippen LogP contribution in [0, 0.1) is 5.92 Å². The van der Waals surface area contributed by atoms with Gasteiger partial charge in [-0.05, 0) is 37.1 Å². The number of nitrogens with zero attached hydrogens (tertiary/aromatic N) is 1. The fourth-order valence-electron chi connectivity index (χ4n) is 2.90. The first kappa shape index (κ1) is 21.8. The highest BCUT2D eigenvalue weighted by Gasteiger charge is 2.46. The SMILES string of the molecule is O=C(Cc1ccc(Cl)cc1)OC(CN1CCCC(C(F)(F)F)C1)C(F)(F)F. The van der Waals surface area contributed by atoms with Crippen LogP contribution in [0.5, 0.6) is 0 Å². The lowest BCUT2D eigenvalue weighted by molar-refractivity contribution is -0.228. The summed E-state index contributed by atoms with van der Waals surface area (Å²) in [6.07, 6.45) is -12.2. The van der Waals surface area contributed by atoms with Gasteiger partial charge in [0.2, 0.25) is 6.10 Å². The Labute approximate surface area is 157 Å². The molecule has 0 spiro atoms. The molecule has 0 N–H and O–H groups in total. The number of rotatable bonds is 5. The summed E-state index contributed by atoms with van der Waals surface area (Å²) >= 11 is 5.69. The predicted octanol–water partition coefficient (Wildman–Crippen LogP) is 4.63. The quantitative estimate of drug-likeness (QED) is 0.517. The van der Waals surface area contributed by atoms with E-state index in [1.807, 2.05) is 0 Å². The Kier molecular flexibility index (Phi) is 7.02. The summed E-state index contributed by atoms with van der Waals surface area (Å²) in [5.41, 5.74) is 0.417. The van der Waals surface area contributed by atoms with Gasteiger partial charge in [0.05, 0.1) is 12.3 Å². The summed E-state index contributed by atoms with van der Waals surface area (Å²) in [5.74, 6) is -2.78. The lowest BCUT2D eigenvalue weighted by atomic mass is 9.97. The van der Waals surface area contributed by atoms with Gasteiger partial charge in [-0.3, -0.25) is 9.69 Å². The molecular weight excluding hydrogens is 400 g/mol. The zero-order valence-corrected chi connectivity index (χ0v) is 14.9. The summed E-state index contributed by atoms with van der Waals surface area (Å²) in [4.78, 5) is 12.9. The number of carbonyl (C=O) groups is 1. The Bertz CT molecular complexity index is 632. The third kappa shape index (κ3) is 6.88. The molecule has 0 radical (unpaired) electrons. The fourth-order valence-corrected chi connectivity index (χ4v) is 3.03. The Morgan fingerprint density at radius 2 is 1.81 bits per heavy atom. The Morgan fingerprint density at radius 3 is 2.37 bits per heavy atom. The number of hydrogen-bond acceptors (Lipinski definition) is 3. The largest absolute Gasteiger partial charge is 0.451 e. The standard InChI is InChI=1S/C17H18ClF6NO2/c18-13-5-3-11(4-6-13)8-15(26)27-14(17(22,23)24)10-25-7-1-2-12(9-25)16(19,20)21/h3-6,12,14H,1-2,7-10H2. The zero-order chi connectivity index (χ0) is 20.2. The number of likely N-dealkylation sites (tertiary alicyclic amines) is 1. The zero-order valence-electron chi connectivity index (χ0n) is 14.1. The second-order valence-corrected chi connectivity index (χ2v) is 6.90. The van der Waals surface area contributed by atoms with Crippen LogP contribution in [-0.4, -0.2) is 49.0 Å². The number of esters is 1. The van der Waals surface area contributed by atoms with E-state index >= 15 is 0 Å². The molecule has 1 aromatic rings. The van der Waals surface area contributed by atoms with Gasteiger partial charge in [0.25, 0.3) is 0 Å². The molecule has 1 aliphatic heterocycles. The van der Waals surface area contributed by atoms with Crippen molar-refractivity contribution in [2.24, 2.45) is 5.92 Å². The highest BCUT2D eigenvalue weighted by Crippen LogP contribution is 2.34. The van der Waals surface area contributed by atoms with E-state index in [4.69, 9.17) is 11.6 Å². The summed E-state index contributed by atoms with van der Waals surface area (Å²) < 4.78 is 82.7. The van der Waals surface area contributed by atoms with E-state index in [1.165, 1.54) is 24.3 Å². The van der Waals surface area contributed by atoms with Gasteiger partial charge in [-0.15, -0.1) is 0 Å². The molecule has 152 valence electrons. The number of ether oxygens (including phenoxy) is 1. The molecule has 0 amide bonds. The molecule has 1 aliphatic rings. The molecule has 10 heteroatoms. The predicted molar refractivity (Wildman–Crippen MR) is 86.3 cm³/mol. The molecule has 2 unspecified atom stereocenters. The molecule has 0 bridgehead atoms. The number of carbonyl (C=O) groups excluding carboxylic acids is 1. The molecule has 0 aliphatic carbocycles. The van der Waals surface area contributed by atoms with Crippen molar-refractivity contribution in [1.82, 2.24) is 4.90 Å². The third-order valence-electron chi connectivity index (χ3n) is 4.29. The van der Waals surface area contributed by atoms with Gasteiger partial charge in [0.1, 0.15) is 0 Å². The highest BCUT2D eigenvalue weighted by atomic mass is 35.5. The Balaban J connectivity index is 1.98. The molecule has 0 aromatic heterocycles. The molecule has 2 atom stereocenters. The first-order chi connectivity index (χ1) is 12.4. The molecule has 2 rings (SSSR count).